The molecule has 0 aliphatic rings. The number of hydrogen-bond donors (Lipinski definition) is 1. The lowest BCUT2D eigenvalue weighted by molar-refractivity contribution is -0.385. The summed E-state index contributed by atoms with van der Waals surface area (Å²) >= 11 is 1.17. The minimum absolute atomic E-state index is 0.0232. The molecule has 1 N–H and O–H groups in total. The molecule has 0 saturated heterocycles. The van der Waals surface area contributed by atoms with E-state index in [-0.39, 0.29) is 16.9 Å². The molecule has 0 saturated carbocycles. The van der Waals surface area contributed by atoms with Crippen LogP contribution in [0.4, 0.5) is 5.69 Å². The molecule has 1 heterocycles. The van der Waals surface area contributed by atoms with Crippen molar-refractivity contribution in [3.8, 4) is 6.07 Å². The van der Waals surface area contributed by atoms with E-state index in [1.807, 2.05) is 6.92 Å². The van der Waals surface area contributed by atoms with Gasteiger partial charge in [0.15, 0.2) is 5.16 Å². The third-order valence-corrected chi connectivity index (χ3v) is 3.65. The maximum atomic E-state index is 11.6. The van der Waals surface area contributed by atoms with E-state index in [0.717, 1.165) is 6.42 Å². The summed E-state index contributed by atoms with van der Waals surface area (Å²) in [6.07, 6.45) is 0.775. The summed E-state index contributed by atoms with van der Waals surface area (Å²) in [6, 6.07) is 6.01. The highest BCUT2D eigenvalue weighted by atomic mass is 32.2. The summed E-state index contributed by atoms with van der Waals surface area (Å²) in [5, 5.41) is 26.5. The highest BCUT2D eigenvalue weighted by molar-refractivity contribution is 7.99. The Morgan fingerprint density at radius 2 is 2.33 bits per heavy atom. The van der Waals surface area contributed by atoms with Crippen molar-refractivity contribution in [1.82, 2.24) is 14.8 Å². The predicted octanol–water partition coefficient (Wildman–Crippen LogP) is 1.91. The van der Waals surface area contributed by atoms with Gasteiger partial charge in [0, 0.05) is 17.5 Å². The van der Waals surface area contributed by atoms with Gasteiger partial charge in [-0.1, -0.05) is 6.92 Å². The zero-order chi connectivity index (χ0) is 15.4. The maximum absolute atomic E-state index is 11.6. The largest absolute Gasteiger partial charge is 0.343 e. The first-order chi connectivity index (χ1) is 10.1. The molecule has 0 aliphatic heterocycles. The minimum Gasteiger partial charge on any atom is -0.270 e. The van der Waals surface area contributed by atoms with Crippen molar-refractivity contribution < 1.29 is 4.92 Å². The van der Waals surface area contributed by atoms with Crippen LogP contribution in [0.2, 0.25) is 0 Å². The molecule has 0 spiro atoms. The number of rotatable bonds is 5. The lowest BCUT2D eigenvalue weighted by Crippen LogP contribution is -2.17. The van der Waals surface area contributed by atoms with Gasteiger partial charge < -0.3 is 0 Å². The molecule has 0 radical (unpaired) electrons. The van der Waals surface area contributed by atoms with Crippen molar-refractivity contribution >= 4 is 17.4 Å². The smallest absolute Gasteiger partial charge is 0.270 e. The van der Waals surface area contributed by atoms with E-state index in [0.29, 0.717) is 16.6 Å². The van der Waals surface area contributed by atoms with Gasteiger partial charge in [0.2, 0.25) is 0 Å². The molecule has 8 nitrogen and oxygen atoms in total. The molecule has 9 heteroatoms. The molecular weight excluding hydrogens is 294 g/mol. The second-order valence-corrected chi connectivity index (χ2v) is 5.15. The van der Waals surface area contributed by atoms with E-state index >= 15 is 0 Å². The Kier molecular flexibility index (Phi) is 4.39. The SMILES string of the molecule is CCCn1c(Sc2ccc([N+](=O)[O-])c(C#N)c2)n[nH]c1=O. The van der Waals surface area contributed by atoms with Crippen molar-refractivity contribution in [2.75, 3.05) is 0 Å². The van der Waals surface area contributed by atoms with Crippen molar-refractivity contribution in [2.24, 2.45) is 0 Å². The van der Waals surface area contributed by atoms with Crippen LogP contribution in [-0.4, -0.2) is 19.7 Å². The standard InChI is InChI=1S/C12H11N5O3S/c1-2-5-16-11(18)14-15-12(16)21-9-3-4-10(17(19)20)8(6-9)7-13/h3-4,6H,2,5H2,1H3,(H,14,18). The molecule has 0 fully saturated rings. The highest BCUT2D eigenvalue weighted by Crippen LogP contribution is 2.29. The van der Waals surface area contributed by atoms with Crippen LogP contribution >= 0.6 is 11.8 Å². The molecule has 0 amide bonds. The average molecular weight is 305 g/mol. The number of aromatic amines is 1. The van der Waals surface area contributed by atoms with Crippen LogP contribution in [0.5, 0.6) is 0 Å². The molecule has 21 heavy (non-hydrogen) atoms. The number of benzene rings is 1. The summed E-state index contributed by atoms with van der Waals surface area (Å²) < 4.78 is 1.48. The van der Waals surface area contributed by atoms with Crippen molar-refractivity contribution in [3.63, 3.8) is 0 Å². The first kappa shape index (κ1) is 14.8. The quantitative estimate of drug-likeness (QED) is 0.666. The summed E-state index contributed by atoms with van der Waals surface area (Å²) in [6.45, 7) is 2.46. The molecule has 0 unspecified atom stereocenters. The fourth-order valence-electron chi connectivity index (χ4n) is 1.73. The van der Waals surface area contributed by atoms with Gasteiger partial charge in [0.25, 0.3) is 5.69 Å². The summed E-state index contributed by atoms with van der Waals surface area (Å²) in [7, 11) is 0. The molecule has 0 bridgehead atoms. The van der Waals surface area contributed by atoms with E-state index in [2.05, 4.69) is 10.2 Å². The van der Waals surface area contributed by atoms with Gasteiger partial charge in [-0.3, -0.25) is 14.7 Å². The Morgan fingerprint density at radius 1 is 1.57 bits per heavy atom. The molecule has 2 aromatic rings. The normalized spacial score (nSPS) is 10.3. The first-order valence-electron chi connectivity index (χ1n) is 6.08. The lowest BCUT2D eigenvalue weighted by atomic mass is 10.2. The molecule has 0 atom stereocenters. The van der Waals surface area contributed by atoms with Gasteiger partial charge in [-0.25, -0.2) is 9.89 Å². The molecule has 1 aromatic carbocycles. The molecule has 1 aromatic heterocycles. The Labute approximate surface area is 123 Å². The Morgan fingerprint density at radius 3 is 2.95 bits per heavy atom. The van der Waals surface area contributed by atoms with Gasteiger partial charge in [0.05, 0.1) is 4.92 Å². The molecular formula is C12H11N5O3S. The summed E-state index contributed by atoms with van der Waals surface area (Å²) in [4.78, 5) is 22.4. The van der Waals surface area contributed by atoms with E-state index < -0.39 is 4.92 Å². The first-order valence-corrected chi connectivity index (χ1v) is 6.90. The zero-order valence-corrected chi connectivity index (χ0v) is 11.9. The number of nitriles is 1. The number of aromatic nitrogens is 3. The summed E-state index contributed by atoms with van der Waals surface area (Å²) in [5.41, 5.74) is -0.568. The van der Waals surface area contributed by atoms with Crippen LogP contribution in [-0.2, 0) is 6.54 Å². The molecule has 108 valence electrons. The average Bonchev–Trinajstić information content (AvgIpc) is 2.80. The minimum atomic E-state index is -0.603. The van der Waals surface area contributed by atoms with Crippen LogP contribution < -0.4 is 5.69 Å². The van der Waals surface area contributed by atoms with E-state index in [4.69, 9.17) is 5.26 Å². The number of H-pyrrole nitrogens is 1. The van der Waals surface area contributed by atoms with Crippen LogP contribution in [0.15, 0.2) is 33.0 Å². The van der Waals surface area contributed by atoms with Crippen molar-refractivity contribution in [1.29, 1.82) is 5.26 Å². The fourth-order valence-corrected chi connectivity index (χ4v) is 2.63. The van der Waals surface area contributed by atoms with Gasteiger partial charge in [-0.2, -0.15) is 5.26 Å². The topological polar surface area (TPSA) is 118 Å². The molecule has 0 aliphatic carbocycles. The van der Waals surface area contributed by atoms with Crippen LogP contribution in [0.1, 0.15) is 18.9 Å². The number of hydrogen-bond acceptors (Lipinski definition) is 6. The van der Waals surface area contributed by atoms with Gasteiger partial charge >= 0.3 is 5.69 Å². The third-order valence-electron chi connectivity index (χ3n) is 2.66. The molecule has 2 rings (SSSR count). The van der Waals surface area contributed by atoms with Crippen molar-refractivity contribution in [2.45, 2.75) is 29.9 Å². The van der Waals surface area contributed by atoms with Crippen molar-refractivity contribution in [3.05, 3.63) is 44.4 Å². The number of nitro benzene ring substituents is 1. The van der Waals surface area contributed by atoms with Crippen LogP contribution in [0, 0.1) is 21.4 Å². The Balaban J connectivity index is 2.35. The second kappa shape index (κ2) is 6.23. The van der Waals surface area contributed by atoms with Gasteiger partial charge in [0.1, 0.15) is 11.6 Å². The van der Waals surface area contributed by atoms with Crippen LogP contribution in [0.25, 0.3) is 0 Å². The monoisotopic (exact) mass is 305 g/mol. The number of nitrogens with one attached hydrogen (secondary N) is 1. The predicted molar refractivity (Wildman–Crippen MR) is 75.1 cm³/mol. The van der Waals surface area contributed by atoms with E-state index in [1.165, 1.54) is 34.5 Å². The second-order valence-electron chi connectivity index (χ2n) is 4.11. The number of nitrogens with zero attached hydrogens (tertiary/aromatic N) is 4. The fraction of sp³-hybridized carbons (Fsp3) is 0.250. The summed E-state index contributed by atoms with van der Waals surface area (Å²) in [5.74, 6) is 0. The lowest BCUT2D eigenvalue weighted by Gasteiger charge is -2.04. The van der Waals surface area contributed by atoms with Gasteiger partial charge in [-0.15, -0.1) is 5.10 Å². The number of nitro groups is 1. The highest BCUT2D eigenvalue weighted by Gasteiger charge is 2.16. The third kappa shape index (κ3) is 3.11. The van der Waals surface area contributed by atoms with E-state index in [1.54, 1.807) is 6.07 Å². The van der Waals surface area contributed by atoms with E-state index in [9.17, 15) is 14.9 Å². The zero-order valence-electron chi connectivity index (χ0n) is 11.1. The Hall–Kier alpha value is -2.60. The van der Waals surface area contributed by atoms with Gasteiger partial charge in [-0.05, 0) is 30.3 Å². The Bertz CT molecular complexity index is 774. The van der Waals surface area contributed by atoms with Crippen LogP contribution in [0.3, 0.4) is 0 Å². The maximum Gasteiger partial charge on any atom is 0.343 e.